The fraction of sp³-hybridized carbons (Fsp3) is 0.333. The number of benzene rings is 1. The SMILES string of the molecule is CC(Br)CN(C)c1ncc2ccccc2n1. The number of fused-ring (bicyclic) bond motifs is 1. The van der Waals surface area contributed by atoms with Gasteiger partial charge in [-0.3, -0.25) is 0 Å². The maximum atomic E-state index is 4.52. The Morgan fingerprint density at radius 2 is 2.12 bits per heavy atom. The minimum Gasteiger partial charge on any atom is -0.343 e. The summed E-state index contributed by atoms with van der Waals surface area (Å²) in [5.41, 5.74) is 0.988. The molecule has 16 heavy (non-hydrogen) atoms. The van der Waals surface area contributed by atoms with Crippen LogP contribution in [0.25, 0.3) is 10.9 Å². The fourth-order valence-corrected chi connectivity index (χ4v) is 2.04. The molecule has 0 radical (unpaired) electrons. The van der Waals surface area contributed by atoms with Crippen molar-refractivity contribution in [2.45, 2.75) is 11.8 Å². The molecule has 2 rings (SSSR count). The van der Waals surface area contributed by atoms with Crippen LogP contribution in [0.1, 0.15) is 6.92 Å². The van der Waals surface area contributed by atoms with Gasteiger partial charge in [-0.1, -0.05) is 41.1 Å². The van der Waals surface area contributed by atoms with Gasteiger partial charge in [-0.2, -0.15) is 0 Å². The minimum absolute atomic E-state index is 0.424. The van der Waals surface area contributed by atoms with E-state index in [2.05, 4.69) is 32.8 Å². The number of rotatable bonds is 3. The number of anilines is 1. The number of nitrogens with zero attached hydrogens (tertiary/aromatic N) is 3. The molecule has 0 fully saturated rings. The average Bonchev–Trinajstić information content (AvgIpc) is 2.27. The van der Waals surface area contributed by atoms with Crippen LogP contribution in [0.15, 0.2) is 30.5 Å². The molecule has 84 valence electrons. The lowest BCUT2D eigenvalue weighted by atomic mass is 10.2. The smallest absolute Gasteiger partial charge is 0.225 e. The summed E-state index contributed by atoms with van der Waals surface area (Å²) in [5.74, 6) is 0.769. The van der Waals surface area contributed by atoms with E-state index in [1.807, 2.05) is 42.4 Å². The molecule has 0 aliphatic heterocycles. The van der Waals surface area contributed by atoms with Crippen LogP contribution in [0.3, 0.4) is 0 Å². The molecule has 0 spiro atoms. The highest BCUT2D eigenvalue weighted by atomic mass is 79.9. The van der Waals surface area contributed by atoms with E-state index in [0.29, 0.717) is 4.83 Å². The Balaban J connectivity index is 2.32. The number of hydrogen-bond donors (Lipinski definition) is 0. The molecule has 1 aromatic carbocycles. The first-order valence-electron chi connectivity index (χ1n) is 5.24. The molecule has 0 N–H and O–H groups in total. The maximum absolute atomic E-state index is 4.52. The van der Waals surface area contributed by atoms with Gasteiger partial charge < -0.3 is 4.90 Å². The Kier molecular flexibility index (Phi) is 3.39. The van der Waals surface area contributed by atoms with Gasteiger partial charge in [0.2, 0.25) is 5.95 Å². The molecular weight excluding hydrogens is 266 g/mol. The van der Waals surface area contributed by atoms with Gasteiger partial charge in [-0.05, 0) is 6.07 Å². The van der Waals surface area contributed by atoms with E-state index >= 15 is 0 Å². The first-order chi connectivity index (χ1) is 7.66. The van der Waals surface area contributed by atoms with Crippen molar-refractivity contribution in [2.24, 2.45) is 0 Å². The van der Waals surface area contributed by atoms with Crippen LogP contribution in [0, 0.1) is 0 Å². The summed E-state index contributed by atoms with van der Waals surface area (Å²) in [6.07, 6.45) is 1.87. The van der Waals surface area contributed by atoms with E-state index in [4.69, 9.17) is 0 Å². The standard InChI is InChI=1S/C12H14BrN3/c1-9(13)8-16(2)12-14-7-10-5-3-4-6-11(10)15-12/h3-7,9H,8H2,1-2H3. The third-order valence-electron chi connectivity index (χ3n) is 2.34. The molecule has 1 unspecified atom stereocenters. The molecule has 0 saturated heterocycles. The lowest BCUT2D eigenvalue weighted by Gasteiger charge is -2.18. The van der Waals surface area contributed by atoms with Crippen LogP contribution in [0.2, 0.25) is 0 Å². The van der Waals surface area contributed by atoms with E-state index in [0.717, 1.165) is 23.4 Å². The summed E-state index contributed by atoms with van der Waals surface area (Å²) in [7, 11) is 2.00. The molecule has 1 aromatic heterocycles. The van der Waals surface area contributed by atoms with Crippen molar-refractivity contribution in [3.05, 3.63) is 30.5 Å². The van der Waals surface area contributed by atoms with Crippen LogP contribution in [-0.4, -0.2) is 28.4 Å². The van der Waals surface area contributed by atoms with Gasteiger partial charge in [0.25, 0.3) is 0 Å². The minimum atomic E-state index is 0.424. The Labute approximate surface area is 104 Å². The second-order valence-electron chi connectivity index (χ2n) is 3.89. The topological polar surface area (TPSA) is 29.0 Å². The van der Waals surface area contributed by atoms with Crippen molar-refractivity contribution in [3.63, 3.8) is 0 Å². The van der Waals surface area contributed by atoms with Crippen LogP contribution in [0.4, 0.5) is 5.95 Å². The van der Waals surface area contributed by atoms with Crippen molar-refractivity contribution in [3.8, 4) is 0 Å². The molecule has 0 aliphatic carbocycles. The Morgan fingerprint density at radius 3 is 2.88 bits per heavy atom. The summed E-state index contributed by atoms with van der Waals surface area (Å²) < 4.78 is 0. The van der Waals surface area contributed by atoms with Crippen LogP contribution in [-0.2, 0) is 0 Å². The van der Waals surface area contributed by atoms with Crippen molar-refractivity contribution < 1.29 is 0 Å². The largest absolute Gasteiger partial charge is 0.343 e. The number of alkyl halides is 1. The van der Waals surface area contributed by atoms with Crippen molar-refractivity contribution >= 4 is 32.8 Å². The highest BCUT2D eigenvalue weighted by Crippen LogP contribution is 2.14. The molecule has 1 atom stereocenters. The normalized spacial score (nSPS) is 12.7. The third-order valence-corrected chi connectivity index (χ3v) is 2.63. The van der Waals surface area contributed by atoms with Crippen molar-refractivity contribution in [2.75, 3.05) is 18.5 Å². The zero-order valence-corrected chi connectivity index (χ0v) is 11.0. The summed E-state index contributed by atoms with van der Waals surface area (Å²) in [6, 6.07) is 8.01. The van der Waals surface area contributed by atoms with Gasteiger partial charge in [-0.15, -0.1) is 0 Å². The highest BCUT2D eigenvalue weighted by Gasteiger charge is 2.07. The Hall–Kier alpha value is -1.16. The summed E-state index contributed by atoms with van der Waals surface area (Å²) >= 11 is 3.52. The second kappa shape index (κ2) is 4.78. The first kappa shape index (κ1) is 11.3. The number of para-hydroxylation sites is 1. The summed E-state index contributed by atoms with van der Waals surface area (Å²) in [5, 5.41) is 1.08. The van der Waals surface area contributed by atoms with E-state index in [1.165, 1.54) is 0 Å². The molecule has 1 heterocycles. The van der Waals surface area contributed by atoms with E-state index in [1.54, 1.807) is 0 Å². The molecule has 0 saturated carbocycles. The lowest BCUT2D eigenvalue weighted by molar-refractivity contribution is 0.843. The summed E-state index contributed by atoms with van der Waals surface area (Å²) in [4.78, 5) is 11.3. The van der Waals surface area contributed by atoms with E-state index in [9.17, 15) is 0 Å². The number of aromatic nitrogens is 2. The first-order valence-corrected chi connectivity index (χ1v) is 6.15. The van der Waals surface area contributed by atoms with Crippen LogP contribution >= 0.6 is 15.9 Å². The number of halogens is 1. The molecular formula is C12H14BrN3. The lowest BCUT2D eigenvalue weighted by Crippen LogP contribution is -2.25. The molecule has 0 bridgehead atoms. The van der Waals surface area contributed by atoms with Gasteiger partial charge in [0.1, 0.15) is 0 Å². The van der Waals surface area contributed by atoms with Crippen LogP contribution < -0.4 is 4.90 Å². The predicted molar refractivity (Wildman–Crippen MR) is 71.2 cm³/mol. The van der Waals surface area contributed by atoms with Gasteiger partial charge in [0.05, 0.1) is 5.52 Å². The molecule has 3 nitrogen and oxygen atoms in total. The van der Waals surface area contributed by atoms with Gasteiger partial charge >= 0.3 is 0 Å². The maximum Gasteiger partial charge on any atom is 0.225 e. The zero-order valence-electron chi connectivity index (χ0n) is 9.39. The molecule has 2 aromatic rings. The zero-order chi connectivity index (χ0) is 11.5. The van der Waals surface area contributed by atoms with Gasteiger partial charge in [-0.25, -0.2) is 9.97 Å². The Morgan fingerprint density at radius 1 is 1.38 bits per heavy atom. The molecule has 0 amide bonds. The third kappa shape index (κ3) is 2.50. The molecule has 4 heteroatoms. The van der Waals surface area contributed by atoms with Crippen molar-refractivity contribution in [1.29, 1.82) is 0 Å². The molecule has 0 aliphatic rings. The monoisotopic (exact) mass is 279 g/mol. The second-order valence-corrected chi connectivity index (χ2v) is 5.45. The van der Waals surface area contributed by atoms with Crippen LogP contribution in [0.5, 0.6) is 0 Å². The highest BCUT2D eigenvalue weighted by molar-refractivity contribution is 9.09. The Bertz CT molecular complexity index is 484. The predicted octanol–water partition coefficient (Wildman–Crippen LogP) is 2.85. The number of hydrogen-bond acceptors (Lipinski definition) is 3. The summed E-state index contributed by atoms with van der Waals surface area (Å²) in [6.45, 7) is 3.00. The van der Waals surface area contributed by atoms with Gasteiger partial charge in [0, 0.05) is 30.0 Å². The quantitative estimate of drug-likeness (QED) is 0.809. The van der Waals surface area contributed by atoms with Crippen molar-refractivity contribution in [1.82, 2.24) is 9.97 Å². The van der Waals surface area contributed by atoms with E-state index in [-0.39, 0.29) is 0 Å². The average molecular weight is 280 g/mol. The van der Waals surface area contributed by atoms with E-state index < -0.39 is 0 Å². The van der Waals surface area contributed by atoms with Gasteiger partial charge in [0.15, 0.2) is 0 Å². The fourth-order valence-electron chi connectivity index (χ4n) is 1.61.